The molecule has 4 rings (SSSR count). The molecule has 1 heterocycles. The van der Waals surface area contributed by atoms with Gasteiger partial charge in [0.05, 0.1) is 11.1 Å². The van der Waals surface area contributed by atoms with Crippen LogP contribution in [0.4, 0.5) is 5.82 Å². The molecule has 25 heavy (non-hydrogen) atoms. The van der Waals surface area contributed by atoms with E-state index in [0.717, 1.165) is 23.0 Å². The van der Waals surface area contributed by atoms with Crippen molar-refractivity contribution < 1.29 is 4.79 Å². The van der Waals surface area contributed by atoms with Crippen molar-refractivity contribution in [3.63, 3.8) is 0 Å². The van der Waals surface area contributed by atoms with Crippen molar-refractivity contribution >= 4 is 27.7 Å². The molecule has 0 spiro atoms. The van der Waals surface area contributed by atoms with Gasteiger partial charge in [0.25, 0.3) is 0 Å². The summed E-state index contributed by atoms with van der Waals surface area (Å²) in [4.78, 5) is 13.0. The molecule has 2 atom stereocenters. The molecule has 0 aliphatic heterocycles. The van der Waals surface area contributed by atoms with Gasteiger partial charge in [-0.3, -0.25) is 4.79 Å². The third kappa shape index (κ3) is 2.89. The van der Waals surface area contributed by atoms with Crippen LogP contribution in [0.1, 0.15) is 12.0 Å². The lowest BCUT2D eigenvalue weighted by Crippen LogP contribution is -2.30. The number of carbonyl (C=O) groups excluding carboxylic acids is 1. The number of amides is 1. The molecule has 0 bridgehead atoms. The van der Waals surface area contributed by atoms with Crippen molar-refractivity contribution in [2.45, 2.75) is 11.8 Å². The largest absolute Gasteiger partial charge is 0.308 e. The predicted octanol–water partition coefficient (Wildman–Crippen LogP) is 4.16. The van der Waals surface area contributed by atoms with Gasteiger partial charge in [-0.05, 0) is 30.0 Å². The third-order valence-electron chi connectivity index (χ3n) is 4.84. The molecule has 4 nitrogen and oxygen atoms in total. The van der Waals surface area contributed by atoms with E-state index in [1.54, 1.807) is 4.68 Å². The van der Waals surface area contributed by atoms with Crippen LogP contribution in [0.5, 0.6) is 0 Å². The maximum Gasteiger partial charge on any atom is 0.236 e. The van der Waals surface area contributed by atoms with Gasteiger partial charge in [-0.1, -0.05) is 64.5 Å². The van der Waals surface area contributed by atoms with Gasteiger partial charge in [0.2, 0.25) is 5.91 Å². The van der Waals surface area contributed by atoms with E-state index in [0.29, 0.717) is 11.7 Å². The summed E-state index contributed by atoms with van der Waals surface area (Å²) < 4.78 is 1.76. The number of alkyl halides is 1. The molecule has 1 saturated carbocycles. The Morgan fingerprint density at radius 2 is 1.80 bits per heavy atom. The first-order valence-electron chi connectivity index (χ1n) is 8.28. The third-order valence-corrected chi connectivity index (χ3v) is 5.62. The van der Waals surface area contributed by atoms with Gasteiger partial charge >= 0.3 is 0 Å². The fraction of sp³-hybridized carbons (Fsp3) is 0.200. The lowest BCUT2D eigenvalue weighted by Gasteiger charge is -2.16. The highest BCUT2D eigenvalue weighted by molar-refractivity contribution is 9.09. The summed E-state index contributed by atoms with van der Waals surface area (Å²) in [7, 11) is 0. The Hall–Kier alpha value is -2.40. The maximum atomic E-state index is 13.0. The number of hydrogen-bond acceptors (Lipinski definition) is 2. The number of carbonyl (C=O) groups is 1. The van der Waals surface area contributed by atoms with Gasteiger partial charge < -0.3 is 5.32 Å². The number of benzene rings is 2. The van der Waals surface area contributed by atoms with Crippen molar-refractivity contribution in [1.29, 1.82) is 0 Å². The fourth-order valence-electron chi connectivity index (χ4n) is 3.36. The molecule has 5 heteroatoms. The van der Waals surface area contributed by atoms with E-state index in [9.17, 15) is 4.79 Å². The Kier molecular flexibility index (Phi) is 4.17. The SMILES string of the molecule is O=C(Nc1ccn(-c2ccccc2)n1)C1(c2ccccc2)CC1CBr. The average molecular weight is 396 g/mol. The topological polar surface area (TPSA) is 46.9 Å². The van der Waals surface area contributed by atoms with E-state index in [-0.39, 0.29) is 5.91 Å². The fourth-order valence-corrected chi connectivity index (χ4v) is 4.14. The standard InChI is InChI=1S/C20H18BrN3O/c21-14-16-13-20(16,15-7-3-1-4-8-15)19(25)22-18-11-12-24(23-18)17-9-5-2-6-10-17/h1-12,16H,13-14H2,(H,22,23,25). The second kappa shape index (κ2) is 6.48. The number of aromatic nitrogens is 2. The Bertz CT molecular complexity index is 878. The summed E-state index contributed by atoms with van der Waals surface area (Å²) in [5.74, 6) is 0.900. The van der Waals surface area contributed by atoms with Gasteiger partial charge in [0.15, 0.2) is 5.82 Å². The molecule has 0 radical (unpaired) electrons. The van der Waals surface area contributed by atoms with Gasteiger partial charge in [0, 0.05) is 17.6 Å². The van der Waals surface area contributed by atoms with Crippen molar-refractivity contribution in [1.82, 2.24) is 9.78 Å². The molecule has 1 amide bonds. The minimum absolute atomic E-state index is 0.0152. The molecule has 2 unspecified atom stereocenters. The zero-order valence-electron chi connectivity index (χ0n) is 13.6. The number of nitrogens with one attached hydrogen (secondary N) is 1. The zero-order chi connectivity index (χ0) is 17.3. The number of anilines is 1. The van der Waals surface area contributed by atoms with Crippen molar-refractivity contribution in [3.05, 3.63) is 78.5 Å². The van der Waals surface area contributed by atoms with Gasteiger partial charge in [0.1, 0.15) is 0 Å². The zero-order valence-corrected chi connectivity index (χ0v) is 15.2. The second-order valence-electron chi connectivity index (χ2n) is 6.33. The molecule has 1 N–H and O–H groups in total. The number of para-hydroxylation sites is 1. The van der Waals surface area contributed by atoms with Crippen molar-refractivity contribution in [2.24, 2.45) is 5.92 Å². The number of halogens is 1. The first kappa shape index (κ1) is 16.1. The lowest BCUT2D eigenvalue weighted by molar-refractivity contribution is -0.118. The van der Waals surface area contributed by atoms with Crippen LogP contribution >= 0.6 is 15.9 Å². The molecule has 3 aromatic rings. The number of hydrogen-bond donors (Lipinski definition) is 1. The van der Waals surface area contributed by atoms with Crippen LogP contribution in [0.3, 0.4) is 0 Å². The number of rotatable bonds is 5. The maximum absolute atomic E-state index is 13.0. The summed E-state index contributed by atoms with van der Waals surface area (Å²) in [6, 6.07) is 21.7. The quantitative estimate of drug-likeness (QED) is 0.659. The van der Waals surface area contributed by atoms with Crippen LogP contribution < -0.4 is 5.32 Å². The monoisotopic (exact) mass is 395 g/mol. The van der Waals surface area contributed by atoms with Gasteiger partial charge in [-0.2, -0.15) is 5.10 Å². The first-order valence-corrected chi connectivity index (χ1v) is 9.40. The first-order chi connectivity index (χ1) is 12.2. The molecule has 1 aromatic heterocycles. The molecule has 1 fully saturated rings. The van der Waals surface area contributed by atoms with Crippen LogP contribution in [-0.2, 0) is 10.2 Å². The molecule has 1 aliphatic rings. The molecule has 0 saturated heterocycles. The van der Waals surface area contributed by atoms with Gasteiger partial charge in [-0.25, -0.2) is 4.68 Å². The van der Waals surface area contributed by atoms with E-state index < -0.39 is 5.41 Å². The highest BCUT2D eigenvalue weighted by Crippen LogP contribution is 2.55. The molecule has 126 valence electrons. The molecule has 2 aromatic carbocycles. The summed E-state index contributed by atoms with van der Waals surface area (Å²) in [6.07, 6.45) is 2.71. The summed E-state index contributed by atoms with van der Waals surface area (Å²) >= 11 is 3.54. The van der Waals surface area contributed by atoms with Crippen LogP contribution in [0, 0.1) is 5.92 Å². The smallest absolute Gasteiger partial charge is 0.236 e. The summed E-state index contributed by atoms with van der Waals surface area (Å²) in [5, 5.41) is 8.30. The Morgan fingerprint density at radius 1 is 1.12 bits per heavy atom. The van der Waals surface area contributed by atoms with E-state index >= 15 is 0 Å². The minimum atomic E-state index is -0.457. The summed E-state index contributed by atoms with van der Waals surface area (Å²) in [6.45, 7) is 0. The summed E-state index contributed by atoms with van der Waals surface area (Å²) in [5.41, 5.74) is 1.58. The van der Waals surface area contributed by atoms with Crippen LogP contribution in [-0.4, -0.2) is 21.0 Å². The number of nitrogens with zero attached hydrogens (tertiary/aromatic N) is 2. The Morgan fingerprint density at radius 3 is 2.44 bits per heavy atom. The van der Waals surface area contributed by atoms with E-state index in [1.807, 2.05) is 72.9 Å². The average Bonchev–Trinajstić information content (AvgIpc) is 3.26. The van der Waals surface area contributed by atoms with E-state index in [2.05, 4.69) is 26.3 Å². The van der Waals surface area contributed by atoms with Crippen LogP contribution in [0.15, 0.2) is 72.9 Å². The normalized spacial score (nSPS) is 21.7. The van der Waals surface area contributed by atoms with Gasteiger partial charge in [-0.15, -0.1) is 0 Å². The lowest BCUT2D eigenvalue weighted by atomic mass is 9.92. The molecule has 1 aliphatic carbocycles. The second-order valence-corrected chi connectivity index (χ2v) is 6.98. The van der Waals surface area contributed by atoms with Crippen molar-refractivity contribution in [3.8, 4) is 5.69 Å². The predicted molar refractivity (Wildman–Crippen MR) is 102 cm³/mol. The Balaban J connectivity index is 1.57. The van der Waals surface area contributed by atoms with Crippen LogP contribution in [0.2, 0.25) is 0 Å². The van der Waals surface area contributed by atoms with E-state index in [1.165, 1.54) is 0 Å². The Labute approximate surface area is 155 Å². The highest BCUT2D eigenvalue weighted by Gasteiger charge is 2.60. The molecular formula is C20H18BrN3O. The highest BCUT2D eigenvalue weighted by atomic mass is 79.9. The molecular weight excluding hydrogens is 378 g/mol. The van der Waals surface area contributed by atoms with E-state index in [4.69, 9.17) is 0 Å². The van der Waals surface area contributed by atoms with Crippen LogP contribution in [0.25, 0.3) is 5.69 Å². The minimum Gasteiger partial charge on any atom is -0.308 e. The van der Waals surface area contributed by atoms with Crippen molar-refractivity contribution in [2.75, 3.05) is 10.6 Å².